The summed E-state index contributed by atoms with van der Waals surface area (Å²) in [5.41, 5.74) is 1.88. The number of methoxy groups -OCH3 is 2. The summed E-state index contributed by atoms with van der Waals surface area (Å²) < 4.78 is 10.9. The molecule has 0 fully saturated rings. The summed E-state index contributed by atoms with van der Waals surface area (Å²) in [6.07, 6.45) is 2.45. The lowest BCUT2D eigenvalue weighted by Gasteiger charge is -2.40. The molecule has 0 saturated heterocycles. The van der Waals surface area contributed by atoms with Crippen LogP contribution in [0.4, 0.5) is 11.6 Å². The van der Waals surface area contributed by atoms with Gasteiger partial charge >= 0.3 is 0 Å². The summed E-state index contributed by atoms with van der Waals surface area (Å²) in [4.78, 5) is 49.4. The summed E-state index contributed by atoms with van der Waals surface area (Å²) in [5.74, 6) is 0.210. The molecule has 0 saturated carbocycles. The first-order chi connectivity index (χ1) is 16.0. The van der Waals surface area contributed by atoms with Crippen LogP contribution in [0.3, 0.4) is 0 Å². The predicted octanol–water partition coefficient (Wildman–Crippen LogP) is 2.57. The fourth-order valence-corrected chi connectivity index (χ4v) is 4.40. The molecule has 168 valence electrons. The van der Waals surface area contributed by atoms with Gasteiger partial charge in [0.15, 0.2) is 11.5 Å². The smallest absolute Gasteiger partial charge is 0.264 e. The van der Waals surface area contributed by atoms with E-state index in [0.29, 0.717) is 39.8 Å². The van der Waals surface area contributed by atoms with Crippen molar-refractivity contribution in [2.45, 2.75) is 12.6 Å². The Kier molecular flexibility index (Phi) is 4.97. The Balaban J connectivity index is 1.55. The van der Waals surface area contributed by atoms with Crippen LogP contribution in [0.2, 0.25) is 0 Å². The minimum Gasteiger partial charge on any atom is -0.493 e. The Morgan fingerprint density at radius 3 is 2.67 bits per heavy atom. The summed E-state index contributed by atoms with van der Waals surface area (Å²) in [6, 6.07) is 10.4. The number of carbonyl (C=O) groups excluding carboxylic acids is 3. The fourth-order valence-electron chi connectivity index (χ4n) is 4.40. The second-order valence-electron chi connectivity index (χ2n) is 7.57. The number of anilines is 2. The van der Waals surface area contributed by atoms with E-state index in [0.717, 1.165) is 0 Å². The predicted molar refractivity (Wildman–Crippen MR) is 118 cm³/mol. The molecule has 10 heteroatoms. The molecular formula is C23H21N5O5. The van der Waals surface area contributed by atoms with Crippen molar-refractivity contribution in [3.05, 3.63) is 65.5 Å². The summed E-state index contributed by atoms with van der Waals surface area (Å²) in [7, 11) is 2.97. The number of amides is 3. The maximum atomic E-state index is 13.6. The molecule has 10 nitrogen and oxygen atoms in total. The van der Waals surface area contributed by atoms with Gasteiger partial charge in [-0.25, -0.2) is 4.98 Å². The number of aromatic amines is 1. The van der Waals surface area contributed by atoms with Gasteiger partial charge in [0.1, 0.15) is 6.17 Å². The third-order valence-corrected chi connectivity index (χ3v) is 5.82. The molecule has 0 radical (unpaired) electrons. The number of carbonyl (C=O) groups is 3. The second kappa shape index (κ2) is 7.97. The highest BCUT2D eigenvalue weighted by molar-refractivity contribution is 6.18. The molecule has 3 aromatic rings. The molecule has 5 rings (SSSR count). The summed E-state index contributed by atoms with van der Waals surface area (Å²) in [5, 5.41) is 2.66. The Morgan fingerprint density at radius 2 is 1.94 bits per heavy atom. The van der Waals surface area contributed by atoms with E-state index in [2.05, 4.69) is 15.3 Å². The third-order valence-electron chi connectivity index (χ3n) is 5.82. The highest BCUT2D eigenvalue weighted by Gasteiger charge is 2.49. The number of H-pyrrole nitrogens is 1. The lowest BCUT2D eigenvalue weighted by atomic mass is 10.0. The quantitative estimate of drug-likeness (QED) is 0.600. The first-order valence-corrected chi connectivity index (χ1v) is 10.3. The Morgan fingerprint density at radius 1 is 1.12 bits per heavy atom. The van der Waals surface area contributed by atoms with Crippen LogP contribution in [0, 0.1) is 0 Å². The van der Waals surface area contributed by atoms with E-state index in [1.54, 1.807) is 52.4 Å². The van der Waals surface area contributed by atoms with Gasteiger partial charge in [0.2, 0.25) is 11.9 Å². The molecule has 0 spiro atoms. The van der Waals surface area contributed by atoms with Gasteiger partial charge in [-0.15, -0.1) is 0 Å². The SMILES string of the molecule is COc1ccc2c(c1OC)C(=O)N1c3ccccc3C(=O)N(CCC(=O)Nc3ncc[nH]3)[C@@H]21. The van der Waals surface area contributed by atoms with Crippen molar-refractivity contribution in [1.29, 1.82) is 0 Å². The van der Waals surface area contributed by atoms with E-state index in [4.69, 9.17) is 9.47 Å². The zero-order chi connectivity index (χ0) is 23.1. The zero-order valence-electron chi connectivity index (χ0n) is 18.0. The second-order valence-corrected chi connectivity index (χ2v) is 7.57. The Bertz CT molecular complexity index is 1260. The van der Waals surface area contributed by atoms with E-state index in [1.807, 2.05) is 0 Å². The van der Waals surface area contributed by atoms with Crippen molar-refractivity contribution < 1.29 is 23.9 Å². The van der Waals surface area contributed by atoms with Gasteiger partial charge in [-0.1, -0.05) is 18.2 Å². The molecule has 0 aliphatic carbocycles. The molecule has 2 aliphatic rings. The van der Waals surface area contributed by atoms with Gasteiger partial charge in [0.25, 0.3) is 11.8 Å². The highest BCUT2D eigenvalue weighted by Crippen LogP contribution is 2.49. The van der Waals surface area contributed by atoms with Crippen LogP contribution >= 0.6 is 0 Å². The molecule has 3 heterocycles. The molecule has 2 N–H and O–H groups in total. The van der Waals surface area contributed by atoms with Crippen molar-refractivity contribution in [2.75, 3.05) is 31.0 Å². The normalized spacial score (nSPS) is 16.2. The zero-order valence-corrected chi connectivity index (χ0v) is 18.0. The number of aromatic nitrogens is 2. The molecule has 2 aliphatic heterocycles. The van der Waals surface area contributed by atoms with Crippen molar-refractivity contribution in [3.63, 3.8) is 0 Å². The topological polar surface area (TPSA) is 117 Å². The fraction of sp³-hybridized carbons (Fsp3) is 0.217. The molecule has 1 aromatic heterocycles. The number of ether oxygens (including phenoxy) is 2. The first kappa shape index (κ1) is 20.6. The average molecular weight is 447 g/mol. The number of nitrogens with zero attached hydrogens (tertiary/aromatic N) is 3. The number of imidazole rings is 1. The number of rotatable bonds is 6. The van der Waals surface area contributed by atoms with Crippen LogP contribution in [0.5, 0.6) is 11.5 Å². The van der Waals surface area contributed by atoms with Crippen LogP contribution < -0.4 is 19.7 Å². The van der Waals surface area contributed by atoms with E-state index in [-0.39, 0.29) is 30.7 Å². The standard InChI is InChI=1S/C23H21N5O5/c1-32-16-8-7-14-18(19(16)33-2)22(31)28-15-6-4-3-5-13(15)21(30)27(20(14)28)12-9-17(29)26-23-24-10-11-25-23/h3-8,10-11,20H,9,12H2,1-2H3,(H2,24,25,26,29)/t20-/m1/s1. The number of para-hydroxylation sites is 1. The lowest BCUT2D eigenvalue weighted by Crippen LogP contribution is -2.49. The van der Waals surface area contributed by atoms with Crippen molar-refractivity contribution in [3.8, 4) is 11.5 Å². The van der Waals surface area contributed by atoms with Gasteiger partial charge in [-0.2, -0.15) is 0 Å². The van der Waals surface area contributed by atoms with Crippen LogP contribution in [0.25, 0.3) is 0 Å². The van der Waals surface area contributed by atoms with E-state index in [9.17, 15) is 14.4 Å². The number of benzene rings is 2. The number of nitrogens with one attached hydrogen (secondary N) is 2. The number of hydrogen-bond acceptors (Lipinski definition) is 6. The van der Waals surface area contributed by atoms with Gasteiger partial charge < -0.3 is 19.4 Å². The van der Waals surface area contributed by atoms with Crippen LogP contribution in [-0.2, 0) is 4.79 Å². The minimum absolute atomic E-state index is 0.0236. The van der Waals surface area contributed by atoms with Gasteiger partial charge in [0.05, 0.1) is 31.0 Å². The molecule has 33 heavy (non-hydrogen) atoms. The van der Waals surface area contributed by atoms with Crippen LogP contribution in [0.1, 0.15) is 38.9 Å². The molecule has 0 bridgehead atoms. The summed E-state index contributed by atoms with van der Waals surface area (Å²) >= 11 is 0. The molecule has 2 aromatic carbocycles. The Hall–Kier alpha value is -4.34. The molecule has 3 amide bonds. The average Bonchev–Trinajstić information content (AvgIpc) is 3.44. The summed E-state index contributed by atoms with van der Waals surface area (Å²) in [6.45, 7) is 0.0991. The van der Waals surface area contributed by atoms with E-state index < -0.39 is 6.17 Å². The van der Waals surface area contributed by atoms with Crippen molar-refractivity contribution in [1.82, 2.24) is 14.9 Å². The molecule has 0 unspecified atom stereocenters. The Labute approximate surface area is 189 Å². The highest BCUT2D eigenvalue weighted by atomic mass is 16.5. The van der Waals surface area contributed by atoms with Gasteiger partial charge in [0, 0.05) is 30.9 Å². The van der Waals surface area contributed by atoms with Crippen molar-refractivity contribution >= 4 is 29.4 Å². The largest absolute Gasteiger partial charge is 0.493 e. The minimum atomic E-state index is -0.703. The van der Waals surface area contributed by atoms with Crippen molar-refractivity contribution in [2.24, 2.45) is 0 Å². The van der Waals surface area contributed by atoms with Gasteiger partial charge in [-0.3, -0.25) is 24.6 Å². The van der Waals surface area contributed by atoms with E-state index >= 15 is 0 Å². The third kappa shape index (κ3) is 3.18. The maximum Gasteiger partial charge on any atom is 0.264 e. The number of hydrogen-bond donors (Lipinski definition) is 2. The maximum absolute atomic E-state index is 13.6. The van der Waals surface area contributed by atoms with Crippen LogP contribution in [0.15, 0.2) is 48.8 Å². The monoisotopic (exact) mass is 447 g/mol. The first-order valence-electron chi connectivity index (χ1n) is 10.3. The molecular weight excluding hydrogens is 426 g/mol. The van der Waals surface area contributed by atoms with E-state index in [1.165, 1.54) is 20.4 Å². The number of fused-ring (bicyclic) bond motifs is 5. The molecule has 1 atom stereocenters. The van der Waals surface area contributed by atoms with Crippen LogP contribution in [-0.4, -0.2) is 53.4 Å². The lowest BCUT2D eigenvalue weighted by molar-refractivity contribution is -0.116. The van der Waals surface area contributed by atoms with Gasteiger partial charge in [-0.05, 0) is 18.2 Å².